The second-order valence-electron chi connectivity index (χ2n) is 4.04. The van der Waals surface area contributed by atoms with Crippen LogP contribution < -0.4 is 10.1 Å². The second-order valence-corrected chi connectivity index (χ2v) is 4.04. The maximum absolute atomic E-state index is 11.4. The van der Waals surface area contributed by atoms with E-state index in [2.05, 4.69) is 5.32 Å². The number of nitrogens with one attached hydrogen (secondary N) is 1. The first-order valence-corrected chi connectivity index (χ1v) is 6.03. The molecule has 20 heavy (non-hydrogen) atoms. The van der Waals surface area contributed by atoms with E-state index in [9.17, 15) is 9.59 Å². The first kappa shape index (κ1) is 15.7. The lowest BCUT2D eigenvalue weighted by atomic mass is 10.2. The van der Waals surface area contributed by atoms with E-state index in [1.807, 2.05) is 0 Å². The Morgan fingerprint density at radius 3 is 2.55 bits per heavy atom. The Labute approximate surface area is 116 Å². The second kappa shape index (κ2) is 7.96. The molecule has 6 nitrogen and oxygen atoms in total. The van der Waals surface area contributed by atoms with E-state index >= 15 is 0 Å². The zero-order valence-corrected chi connectivity index (χ0v) is 11.1. The van der Waals surface area contributed by atoms with Gasteiger partial charge >= 0.3 is 5.97 Å². The van der Waals surface area contributed by atoms with Gasteiger partial charge in [0.25, 0.3) is 0 Å². The first-order chi connectivity index (χ1) is 9.52. The third kappa shape index (κ3) is 5.53. The lowest BCUT2D eigenvalue weighted by molar-refractivity contribution is -0.147. The molecule has 3 N–H and O–H groups in total. The third-order valence-corrected chi connectivity index (χ3v) is 2.55. The number of amides is 1. The number of aliphatic hydroxyl groups is 1. The van der Waals surface area contributed by atoms with E-state index in [4.69, 9.17) is 14.9 Å². The molecular weight excluding hydrogens is 262 g/mol. The molecule has 0 aliphatic rings. The van der Waals surface area contributed by atoms with Crippen molar-refractivity contribution in [2.45, 2.75) is 12.5 Å². The van der Waals surface area contributed by atoms with Crippen LogP contribution in [0.4, 0.5) is 0 Å². The molecule has 0 aliphatic carbocycles. The van der Waals surface area contributed by atoms with Crippen molar-refractivity contribution in [1.82, 2.24) is 5.32 Å². The quantitative estimate of drug-likeness (QED) is 0.637. The van der Waals surface area contributed by atoms with Crippen LogP contribution >= 0.6 is 0 Å². The molecule has 1 aromatic carbocycles. The summed E-state index contributed by atoms with van der Waals surface area (Å²) in [5.74, 6) is -0.916. The molecule has 0 heterocycles. The number of carbonyl (C=O) groups is 2. The van der Waals surface area contributed by atoms with E-state index in [0.29, 0.717) is 0 Å². The number of aliphatic hydroxyl groups excluding tert-OH is 1. The number of ether oxygens (including phenoxy) is 1. The van der Waals surface area contributed by atoms with Gasteiger partial charge in [0.05, 0.1) is 7.11 Å². The summed E-state index contributed by atoms with van der Waals surface area (Å²) < 4.78 is 5.01. The van der Waals surface area contributed by atoms with Gasteiger partial charge in [-0.25, -0.2) is 4.79 Å². The van der Waals surface area contributed by atoms with Crippen molar-refractivity contribution in [2.24, 2.45) is 0 Å². The van der Waals surface area contributed by atoms with Gasteiger partial charge in [-0.2, -0.15) is 0 Å². The molecule has 0 aromatic heterocycles. The molecule has 0 bridgehead atoms. The van der Waals surface area contributed by atoms with Crippen LogP contribution in [-0.4, -0.2) is 41.8 Å². The molecular formula is C14H17NO5. The van der Waals surface area contributed by atoms with E-state index < -0.39 is 12.1 Å². The van der Waals surface area contributed by atoms with E-state index in [0.717, 1.165) is 11.3 Å². The summed E-state index contributed by atoms with van der Waals surface area (Å²) in [4.78, 5) is 21.8. The van der Waals surface area contributed by atoms with Crippen LogP contribution in [0.3, 0.4) is 0 Å². The molecule has 108 valence electrons. The van der Waals surface area contributed by atoms with Crippen LogP contribution in [-0.2, 0) is 9.59 Å². The Bertz CT molecular complexity index is 481. The summed E-state index contributed by atoms with van der Waals surface area (Å²) in [7, 11) is 1.57. The fraction of sp³-hybridized carbons (Fsp3) is 0.286. The standard InChI is InChI=1S/C14H17NO5/c1-20-11-5-2-10(3-6-11)4-7-13(17)15-9-8-12(16)14(18)19/h2-7,12,16H,8-9H2,1H3,(H,15,17)(H,18,19)/b7-4+. The number of rotatable bonds is 7. The average molecular weight is 279 g/mol. The molecule has 0 aliphatic heterocycles. The molecule has 6 heteroatoms. The Morgan fingerprint density at radius 1 is 1.35 bits per heavy atom. The van der Waals surface area contributed by atoms with Crippen molar-refractivity contribution in [3.05, 3.63) is 35.9 Å². The highest BCUT2D eigenvalue weighted by Crippen LogP contribution is 2.12. The van der Waals surface area contributed by atoms with Gasteiger partial charge < -0.3 is 20.3 Å². The van der Waals surface area contributed by atoms with Crippen molar-refractivity contribution in [3.8, 4) is 5.75 Å². The maximum Gasteiger partial charge on any atom is 0.332 e. The highest BCUT2D eigenvalue weighted by Gasteiger charge is 2.12. The lowest BCUT2D eigenvalue weighted by Crippen LogP contribution is -2.28. The molecule has 1 atom stereocenters. The summed E-state index contributed by atoms with van der Waals surface area (Å²) in [6.07, 6.45) is 1.48. The molecule has 0 spiro atoms. The van der Waals surface area contributed by atoms with Crippen molar-refractivity contribution >= 4 is 18.0 Å². The van der Waals surface area contributed by atoms with Crippen molar-refractivity contribution in [3.63, 3.8) is 0 Å². The lowest BCUT2D eigenvalue weighted by Gasteiger charge is -2.05. The van der Waals surface area contributed by atoms with Gasteiger partial charge in [-0.15, -0.1) is 0 Å². The van der Waals surface area contributed by atoms with Crippen molar-refractivity contribution < 1.29 is 24.5 Å². The van der Waals surface area contributed by atoms with Crippen LogP contribution in [0.5, 0.6) is 5.75 Å². The number of aliphatic carboxylic acids is 1. The zero-order chi connectivity index (χ0) is 15.0. The van der Waals surface area contributed by atoms with Crippen LogP contribution in [0.2, 0.25) is 0 Å². The van der Waals surface area contributed by atoms with Gasteiger partial charge in [0.15, 0.2) is 6.10 Å². The highest BCUT2D eigenvalue weighted by molar-refractivity contribution is 5.91. The minimum atomic E-state index is -1.46. The van der Waals surface area contributed by atoms with E-state index in [-0.39, 0.29) is 18.9 Å². The molecule has 0 saturated carbocycles. The predicted octanol–water partition coefficient (Wildman–Crippen LogP) is 0.660. The molecule has 1 amide bonds. The Morgan fingerprint density at radius 2 is 2.00 bits per heavy atom. The first-order valence-electron chi connectivity index (χ1n) is 6.03. The van der Waals surface area contributed by atoms with Gasteiger partial charge in [-0.05, 0) is 23.8 Å². The predicted molar refractivity (Wildman–Crippen MR) is 73.3 cm³/mol. The number of carboxylic acid groups (broad SMARTS) is 1. The van der Waals surface area contributed by atoms with Crippen LogP contribution in [0.25, 0.3) is 6.08 Å². The zero-order valence-electron chi connectivity index (χ0n) is 11.1. The third-order valence-electron chi connectivity index (χ3n) is 2.55. The molecule has 0 radical (unpaired) electrons. The van der Waals surface area contributed by atoms with E-state index in [1.165, 1.54) is 6.08 Å². The largest absolute Gasteiger partial charge is 0.497 e. The van der Waals surface area contributed by atoms with Gasteiger partial charge in [0.2, 0.25) is 5.91 Å². The summed E-state index contributed by atoms with van der Waals surface area (Å²) in [5.41, 5.74) is 0.839. The van der Waals surface area contributed by atoms with Crippen molar-refractivity contribution in [2.75, 3.05) is 13.7 Å². The van der Waals surface area contributed by atoms with Crippen LogP contribution in [0.15, 0.2) is 30.3 Å². The van der Waals surface area contributed by atoms with Crippen LogP contribution in [0, 0.1) is 0 Å². The van der Waals surface area contributed by atoms with Gasteiger partial charge in [0, 0.05) is 19.0 Å². The Kier molecular flexibility index (Phi) is 6.25. The Hall–Kier alpha value is -2.34. The van der Waals surface area contributed by atoms with Crippen LogP contribution in [0.1, 0.15) is 12.0 Å². The molecule has 1 aromatic rings. The van der Waals surface area contributed by atoms with Gasteiger partial charge in [-0.1, -0.05) is 12.1 Å². The number of hydrogen-bond donors (Lipinski definition) is 3. The highest BCUT2D eigenvalue weighted by atomic mass is 16.5. The van der Waals surface area contributed by atoms with Gasteiger partial charge in [-0.3, -0.25) is 4.79 Å². The fourth-order valence-electron chi connectivity index (χ4n) is 1.40. The monoisotopic (exact) mass is 279 g/mol. The summed E-state index contributed by atoms with van der Waals surface area (Å²) in [5, 5.41) is 20.0. The minimum absolute atomic E-state index is 0.0303. The summed E-state index contributed by atoms with van der Waals surface area (Å²) in [6, 6.07) is 7.16. The number of methoxy groups -OCH3 is 1. The fourth-order valence-corrected chi connectivity index (χ4v) is 1.40. The number of carboxylic acids is 1. The van der Waals surface area contributed by atoms with E-state index in [1.54, 1.807) is 37.5 Å². The number of carbonyl (C=O) groups excluding carboxylic acids is 1. The Balaban J connectivity index is 2.37. The smallest absolute Gasteiger partial charge is 0.332 e. The topological polar surface area (TPSA) is 95.9 Å². The van der Waals surface area contributed by atoms with Crippen molar-refractivity contribution in [1.29, 1.82) is 0 Å². The number of benzene rings is 1. The summed E-state index contributed by atoms with van der Waals surface area (Å²) in [6.45, 7) is 0.0965. The minimum Gasteiger partial charge on any atom is -0.497 e. The van der Waals surface area contributed by atoms with Gasteiger partial charge in [0.1, 0.15) is 5.75 Å². The molecule has 0 fully saturated rings. The normalized spacial score (nSPS) is 12.1. The summed E-state index contributed by atoms with van der Waals surface area (Å²) >= 11 is 0. The SMILES string of the molecule is COc1ccc(/C=C/C(=O)NCCC(O)C(=O)O)cc1. The average Bonchev–Trinajstić information content (AvgIpc) is 2.45. The molecule has 0 saturated heterocycles. The number of hydrogen-bond acceptors (Lipinski definition) is 4. The molecule has 1 rings (SSSR count). The maximum atomic E-state index is 11.4. The molecule has 1 unspecified atom stereocenters.